The number of hydrogen-bond acceptors (Lipinski definition) is 2. The lowest BCUT2D eigenvalue weighted by atomic mass is 10.0. The fraction of sp³-hybridized carbons (Fsp3) is 0.500. The molecule has 0 aliphatic heterocycles. The Morgan fingerprint density at radius 2 is 2.09 bits per heavy atom. The highest BCUT2D eigenvalue weighted by atomic mass is 16.3. The van der Waals surface area contributed by atoms with E-state index in [0.717, 1.165) is 18.4 Å². The summed E-state index contributed by atoms with van der Waals surface area (Å²) >= 11 is 0. The van der Waals surface area contributed by atoms with Crippen molar-refractivity contribution in [2.24, 2.45) is 0 Å². The summed E-state index contributed by atoms with van der Waals surface area (Å²) in [5.41, 5.74) is 2.53. The first-order chi connectivity index (χ1) is 10.8. The van der Waals surface area contributed by atoms with Crippen LogP contribution < -0.4 is 10.6 Å². The van der Waals surface area contributed by atoms with Crippen molar-refractivity contribution in [3.05, 3.63) is 47.5 Å². The predicted molar refractivity (Wildman–Crippen MR) is 88.6 cm³/mol. The maximum Gasteiger partial charge on any atom is 0.315 e. The van der Waals surface area contributed by atoms with Gasteiger partial charge < -0.3 is 15.7 Å². The normalized spacial score (nSPS) is 15.2. The van der Waals surface area contributed by atoms with Gasteiger partial charge in [-0.05, 0) is 44.1 Å². The molecule has 0 saturated carbocycles. The van der Waals surface area contributed by atoms with Gasteiger partial charge in [-0.1, -0.05) is 42.0 Å². The summed E-state index contributed by atoms with van der Waals surface area (Å²) in [7, 11) is 0. The summed E-state index contributed by atoms with van der Waals surface area (Å²) < 4.78 is 0. The van der Waals surface area contributed by atoms with Gasteiger partial charge in [0.1, 0.15) is 0 Å². The highest BCUT2D eigenvalue weighted by molar-refractivity contribution is 5.74. The van der Waals surface area contributed by atoms with Gasteiger partial charge in [-0.2, -0.15) is 0 Å². The molecule has 0 spiro atoms. The van der Waals surface area contributed by atoms with Crippen LogP contribution >= 0.6 is 0 Å². The van der Waals surface area contributed by atoms with Crippen LogP contribution in [-0.2, 0) is 0 Å². The lowest BCUT2D eigenvalue weighted by Gasteiger charge is -2.19. The van der Waals surface area contributed by atoms with Crippen LogP contribution in [0.2, 0.25) is 0 Å². The molecule has 0 fully saturated rings. The van der Waals surface area contributed by atoms with Gasteiger partial charge in [0.2, 0.25) is 0 Å². The van der Waals surface area contributed by atoms with E-state index in [4.69, 9.17) is 5.11 Å². The SMILES string of the molecule is O=C(NCCC1=CCCC1)NC(CCCO)c1ccccc1. The number of hydrogen-bond donors (Lipinski definition) is 3. The van der Waals surface area contributed by atoms with Crippen LogP contribution in [0.25, 0.3) is 0 Å². The van der Waals surface area contributed by atoms with Gasteiger partial charge in [0.05, 0.1) is 6.04 Å². The Labute approximate surface area is 132 Å². The van der Waals surface area contributed by atoms with Gasteiger partial charge in [-0.15, -0.1) is 0 Å². The van der Waals surface area contributed by atoms with Crippen LogP contribution in [0.3, 0.4) is 0 Å². The molecule has 1 atom stereocenters. The molecule has 4 heteroatoms. The third-order valence-corrected chi connectivity index (χ3v) is 4.02. The van der Waals surface area contributed by atoms with Crippen molar-refractivity contribution in [2.75, 3.05) is 13.2 Å². The van der Waals surface area contributed by atoms with Crippen LogP contribution in [0.5, 0.6) is 0 Å². The molecule has 22 heavy (non-hydrogen) atoms. The van der Waals surface area contributed by atoms with Gasteiger partial charge in [-0.25, -0.2) is 4.79 Å². The van der Waals surface area contributed by atoms with E-state index >= 15 is 0 Å². The summed E-state index contributed by atoms with van der Waals surface area (Å²) in [4.78, 5) is 12.1. The van der Waals surface area contributed by atoms with Crippen LogP contribution in [-0.4, -0.2) is 24.3 Å². The molecule has 1 aliphatic carbocycles. The Morgan fingerprint density at radius 1 is 1.27 bits per heavy atom. The summed E-state index contributed by atoms with van der Waals surface area (Å²) in [6.45, 7) is 0.819. The second-order valence-corrected chi connectivity index (χ2v) is 5.73. The molecule has 2 rings (SSSR count). The van der Waals surface area contributed by atoms with Crippen molar-refractivity contribution in [3.63, 3.8) is 0 Å². The number of carbonyl (C=O) groups is 1. The van der Waals surface area contributed by atoms with E-state index in [1.165, 1.54) is 24.8 Å². The predicted octanol–water partition coefficient (Wildman–Crippen LogP) is 3.30. The maximum atomic E-state index is 12.1. The van der Waals surface area contributed by atoms with Crippen LogP contribution in [0, 0.1) is 0 Å². The quantitative estimate of drug-likeness (QED) is 0.645. The first-order valence-corrected chi connectivity index (χ1v) is 8.17. The number of benzene rings is 1. The standard InChI is InChI=1S/C18H26N2O2/c21-14-6-11-17(16-9-2-1-3-10-16)20-18(22)19-13-12-15-7-4-5-8-15/h1-3,7,9-10,17,21H,4-6,8,11-14H2,(H2,19,20,22). The molecule has 2 amide bonds. The zero-order chi connectivity index (χ0) is 15.6. The third kappa shape index (κ3) is 5.53. The smallest absolute Gasteiger partial charge is 0.315 e. The fourth-order valence-corrected chi connectivity index (χ4v) is 2.81. The monoisotopic (exact) mass is 302 g/mol. The Balaban J connectivity index is 1.79. The van der Waals surface area contributed by atoms with Gasteiger partial charge >= 0.3 is 6.03 Å². The van der Waals surface area contributed by atoms with Crippen molar-refractivity contribution in [2.45, 2.75) is 44.6 Å². The molecule has 120 valence electrons. The van der Waals surface area contributed by atoms with Crippen LogP contribution in [0.1, 0.15) is 50.1 Å². The maximum absolute atomic E-state index is 12.1. The number of aliphatic hydroxyl groups is 1. The molecule has 1 aromatic rings. The number of allylic oxidation sites excluding steroid dienone is 1. The lowest BCUT2D eigenvalue weighted by molar-refractivity contribution is 0.233. The van der Waals surface area contributed by atoms with E-state index in [-0.39, 0.29) is 18.7 Å². The first-order valence-electron chi connectivity index (χ1n) is 8.17. The molecule has 0 radical (unpaired) electrons. The van der Waals surface area contributed by atoms with E-state index in [1.54, 1.807) is 0 Å². The molecule has 0 heterocycles. The van der Waals surface area contributed by atoms with Crippen molar-refractivity contribution in [3.8, 4) is 0 Å². The van der Waals surface area contributed by atoms with Gasteiger partial charge in [0.25, 0.3) is 0 Å². The van der Waals surface area contributed by atoms with Crippen molar-refractivity contribution >= 4 is 6.03 Å². The molecule has 1 unspecified atom stereocenters. The van der Waals surface area contributed by atoms with Crippen molar-refractivity contribution in [1.82, 2.24) is 10.6 Å². The highest BCUT2D eigenvalue weighted by Gasteiger charge is 2.14. The number of aliphatic hydroxyl groups excluding tert-OH is 1. The summed E-state index contributed by atoms with van der Waals surface area (Å²) in [6, 6.07) is 9.71. The van der Waals surface area contributed by atoms with E-state index < -0.39 is 0 Å². The van der Waals surface area contributed by atoms with Gasteiger partial charge in [0, 0.05) is 13.2 Å². The van der Waals surface area contributed by atoms with Gasteiger partial charge in [0.15, 0.2) is 0 Å². The zero-order valence-electron chi connectivity index (χ0n) is 13.1. The first kappa shape index (κ1) is 16.6. The second kappa shape index (κ2) is 9.26. The molecule has 0 saturated heterocycles. The van der Waals surface area contributed by atoms with E-state index in [2.05, 4.69) is 16.7 Å². The number of carbonyl (C=O) groups excluding carboxylic acids is 1. The minimum atomic E-state index is -0.134. The van der Waals surface area contributed by atoms with E-state index in [0.29, 0.717) is 13.0 Å². The minimum absolute atomic E-state index is 0.0564. The molecule has 0 bridgehead atoms. The van der Waals surface area contributed by atoms with Gasteiger partial charge in [-0.3, -0.25) is 0 Å². The second-order valence-electron chi connectivity index (χ2n) is 5.73. The lowest BCUT2D eigenvalue weighted by Crippen LogP contribution is -2.38. The summed E-state index contributed by atoms with van der Waals surface area (Å²) in [6.07, 6.45) is 8.24. The molecule has 1 aliphatic rings. The van der Waals surface area contributed by atoms with Crippen LogP contribution in [0.15, 0.2) is 42.0 Å². The molecule has 0 aromatic heterocycles. The Hall–Kier alpha value is -1.81. The van der Waals surface area contributed by atoms with Crippen molar-refractivity contribution < 1.29 is 9.90 Å². The molecular weight excluding hydrogens is 276 g/mol. The van der Waals surface area contributed by atoms with Crippen LogP contribution in [0.4, 0.5) is 4.79 Å². The number of nitrogens with one attached hydrogen (secondary N) is 2. The largest absolute Gasteiger partial charge is 0.396 e. The molecule has 3 N–H and O–H groups in total. The summed E-state index contributed by atoms with van der Waals surface area (Å²) in [5, 5.41) is 15.0. The highest BCUT2D eigenvalue weighted by Crippen LogP contribution is 2.20. The molecule has 1 aromatic carbocycles. The van der Waals surface area contributed by atoms with Crippen molar-refractivity contribution in [1.29, 1.82) is 0 Å². The number of amides is 2. The third-order valence-electron chi connectivity index (χ3n) is 4.02. The molecule has 4 nitrogen and oxygen atoms in total. The average molecular weight is 302 g/mol. The average Bonchev–Trinajstić information content (AvgIpc) is 3.05. The topological polar surface area (TPSA) is 61.4 Å². The zero-order valence-corrected chi connectivity index (χ0v) is 13.1. The summed E-state index contributed by atoms with van der Waals surface area (Å²) in [5.74, 6) is 0. The minimum Gasteiger partial charge on any atom is -0.396 e. The Kier molecular flexibility index (Phi) is 6.97. The van der Waals surface area contributed by atoms with E-state index in [9.17, 15) is 4.79 Å². The Bertz CT molecular complexity index is 485. The van der Waals surface area contributed by atoms with E-state index in [1.807, 2.05) is 30.3 Å². The fourth-order valence-electron chi connectivity index (χ4n) is 2.81. The molecular formula is C18H26N2O2. The number of rotatable bonds is 8. The Morgan fingerprint density at radius 3 is 2.77 bits per heavy atom. The number of urea groups is 1.